The van der Waals surface area contributed by atoms with Crippen molar-refractivity contribution in [3.05, 3.63) is 41.7 Å². The minimum atomic E-state index is -0.235. The molecule has 0 aromatic heterocycles. The summed E-state index contributed by atoms with van der Waals surface area (Å²) in [6.07, 6.45) is 7.38. The van der Waals surface area contributed by atoms with Crippen molar-refractivity contribution in [1.82, 2.24) is 0 Å². The lowest BCUT2D eigenvalue weighted by Gasteiger charge is -2.05. The average Bonchev–Trinajstić information content (AvgIpc) is 2.28. The Morgan fingerprint density at radius 1 is 1.39 bits per heavy atom. The smallest absolute Gasteiger partial charge is 0.125 e. The van der Waals surface area contributed by atoms with Crippen LogP contribution in [0.15, 0.2) is 40.9 Å². The monoisotopic (exact) mass is 247 g/mol. The molecule has 1 aromatic carbocycles. The molecule has 0 fully saturated rings. The first-order valence-corrected chi connectivity index (χ1v) is 6.49. The third-order valence-corrected chi connectivity index (χ3v) is 2.77. The van der Waals surface area contributed by atoms with Crippen molar-refractivity contribution in [2.45, 2.75) is 40.0 Å². The van der Waals surface area contributed by atoms with Crippen LogP contribution >= 0.6 is 0 Å². The van der Waals surface area contributed by atoms with Gasteiger partial charge in [0.15, 0.2) is 0 Å². The van der Waals surface area contributed by atoms with E-state index < -0.39 is 0 Å². The van der Waals surface area contributed by atoms with Gasteiger partial charge in [-0.2, -0.15) is 0 Å². The molecule has 0 amide bonds. The van der Waals surface area contributed by atoms with Gasteiger partial charge < -0.3 is 0 Å². The van der Waals surface area contributed by atoms with Gasteiger partial charge in [-0.25, -0.2) is 4.39 Å². The van der Waals surface area contributed by atoms with Crippen LogP contribution < -0.4 is 0 Å². The summed E-state index contributed by atoms with van der Waals surface area (Å²) in [5.41, 5.74) is 2.06. The van der Waals surface area contributed by atoms with E-state index in [1.54, 1.807) is 6.07 Å². The van der Waals surface area contributed by atoms with Crippen LogP contribution in [0.3, 0.4) is 0 Å². The lowest BCUT2D eigenvalue weighted by Crippen LogP contribution is -1.94. The number of rotatable bonds is 6. The van der Waals surface area contributed by atoms with Crippen molar-refractivity contribution in [3.8, 4) is 0 Å². The summed E-state index contributed by atoms with van der Waals surface area (Å²) in [7, 11) is 0. The third kappa shape index (κ3) is 6.33. The molecule has 0 aliphatic heterocycles. The molecular formula is C16H22FN. The van der Waals surface area contributed by atoms with E-state index in [0.29, 0.717) is 11.6 Å². The first-order chi connectivity index (χ1) is 8.58. The molecule has 2 heteroatoms. The lowest BCUT2D eigenvalue weighted by molar-refractivity contribution is 0.563. The van der Waals surface area contributed by atoms with Crippen molar-refractivity contribution in [2.75, 3.05) is 0 Å². The van der Waals surface area contributed by atoms with E-state index in [1.165, 1.54) is 24.1 Å². The van der Waals surface area contributed by atoms with Crippen molar-refractivity contribution >= 4 is 11.9 Å². The summed E-state index contributed by atoms with van der Waals surface area (Å²) >= 11 is 0. The maximum absolute atomic E-state index is 12.9. The lowest BCUT2D eigenvalue weighted by atomic mass is 10.0. The third-order valence-electron chi connectivity index (χ3n) is 2.77. The van der Waals surface area contributed by atoms with E-state index in [-0.39, 0.29) is 5.82 Å². The van der Waals surface area contributed by atoms with Crippen LogP contribution in [0.5, 0.6) is 0 Å². The van der Waals surface area contributed by atoms with Gasteiger partial charge in [0, 0.05) is 6.21 Å². The van der Waals surface area contributed by atoms with Gasteiger partial charge in [0.05, 0.1) is 5.69 Å². The van der Waals surface area contributed by atoms with Crippen LogP contribution in [-0.2, 0) is 0 Å². The van der Waals surface area contributed by atoms with Crippen molar-refractivity contribution in [1.29, 1.82) is 0 Å². The Labute approximate surface area is 109 Å². The normalized spacial score (nSPS) is 12.7. The molecule has 0 radical (unpaired) electrons. The number of benzene rings is 1. The summed E-state index contributed by atoms with van der Waals surface area (Å²) in [6.45, 7) is 6.46. The molecular weight excluding hydrogens is 225 g/mol. The van der Waals surface area contributed by atoms with Crippen LogP contribution in [0, 0.1) is 11.7 Å². The molecule has 1 rings (SSSR count). The molecule has 0 saturated carbocycles. The standard InChI is InChI=1S/C16H22FN/c1-13(2)6-4-7-14(3)10-11-18-16-9-5-8-15(17)12-16/h5-6,8-9,11-12,14H,4,7,10H2,1-3H3. The Morgan fingerprint density at radius 2 is 2.17 bits per heavy atom. The molecule has 0 aliphatic carbocycles. The fourth-order valence-corrected chi connectivity index (χ4v) is 1.67. The van der Waals surface area contributed by atoms with E-state index >= 15 is 0 Å². The van der Waals surface area contributed by atoms with Gasteiger partial charge in [-0.05, 0) is 57.2 Å². The van der Waals surface area contributed by atoms with E-state index in [1.807, 2.05) is 12.3 Å². The van der Waals surface area contributed by atoms with Crippen LogP contribution in [-0.4, -0.2) is 6.21 Å². The molecule has 18 heavy (non-hydrogen) atoms. The Balaban J connectivity index is 2.33. The fourth-order valence-electron chi connectivity index (χ4n) is 1.67. The second kappa shape index (κ2) is 7.80. The van der Waals surface area contributed by atoms with Gasteiger partial charge in [0.25, 0.3) is 0 Å². The van der Waals surface area contributed by atoms with Crippen LogP contribution in [0.4, 0.5) is 10.1 Å². The fraction of sp³-hybridized carbons (Fsp3) is 0.438. The Morgan fingerprint density at radius 3 is 2.83 bits per heavy atom. The summed E-state index contributed by atoms with van der Waals surface area (Å²) in [5, 5.41) is 0. The minimum Gasteiger partial charge on any atom is -0.261 e. The number of hydrogen-bond acceptors (Lipinski definition) is 1. The number of nitrogens with zero attached hydrogens (tertiary/aromatic N) is 1. The molecule has 0 saturated heterocycles. The predicted molar refractivity (Wildman–Crippen MR) is 77.0 cm³/mol. The summed E-state index contributed by atoms with van der Waals surface area (Å²) in [6, 6.07) is 6.37. The quantitative estimate of drug-likeness (QED) is 0.477. The van der Waals surface area contributed by atoms with Gasteiger partial charge in [-0.3, -0.25) is 4.99 Å². The van der Waals surface area contributed by atoms with Crippen molar-refractivity contribution in [2.24, 2.45) is 10.9 Å². The molecule has 1 aromatic rings. The maximum atomic E-state index is 12.9. The van der Waals surface area contributed by atoms with Gasteiger partial charge in [0.2, 0.25) is 0 Å². The first kappa shape index (κ1) is 14.6. The van der Waals surface area contributed by atoms with Gasteiger partial charge in [-0.1, -0.05) is 24.6 Å². The highest BCUT2D eigenvalue weighted by Gasteiger charge is 1.98. The summed E-state index contributed by atoms with van der Waals surface area (Å²) in [5.74, 6) is 0.374. The van der Waals surface area contributed by atoms with E-state index in [2.05, 4.69) is 31.8 Å². The molecule has 1 nitrogen and oxygen atoms in total. The number of allylic oxidation sites excluding steroid dienone is 2. The zero-order valence-electron chi connectivity index (χ0n) is 11.5. The number of hydrogen-bond donors (Lipinski definition) is 0. The van der Waals surface area contributed by atoms with E-state index in [9.17, 15) is 4.39 Å². The summed E-state index contributed by atoms with van der Waals surface area (Å²) < 4.78 is 12.9. The average molecular weight is 247 g/mol. The Bertz CT molecular complexity index is 417. The zero-order valence-corrected chi connectivity index (χ0v) is 11.5. The minimum absolute atomic E-state index is 0.235. The molecule has 0 bridgehead atoms. The van der Waals surface area contributed by atoms with E-state index in [0.717, 1.165) is 12.8 Å². The van der Waals surface area contributed by atoms with Gasteiger partial charge in [-0.15, -0.1) is 0 Å². The van der Waals surface area contributed by atoms with Crippen molar-refractivity contribution < 1.29 is 4.39 Å². The molecule has 0 spiro atoms. The topological polar surface area (TPSA) is 12.4 Å². The highest BCUT2D eigenvalue weighted by molar-refractivity contribution is 5.63. The molecule has 1 atom stereocenters. The van der Waals surface area contributed by atoms with Crippen LogP contribution in [0.2, 0.25) is 0 Å². The molecule has 0 heterocycles. The van der Waals surface area contributed by atoms with Gasteiger partial charge in [0.1, 0.15) is 5.82 Å². The second-order valence-corrected chi connectivity index (χ2v) is 4.99. The van der Waals surface area contributed by atoms with E-state index in [4.69, 9.17) is 0 Å². The van der Waals surface area contributed by atoms with Crippen molar-refractivity contribution in [3.63, 3.8) is 0 Å². The zero-order chi connectivity index (χ0) is 13.4. The molecule has 98 valence electrons. The SMILES string of the molecule is CC(C)=CCCC(C)CC=Nc1cccc(F)c1. The summed E-state index contributed by atoms with van der Waals surface area (Å²) in [4.78, 5) is 4.27. The number of halogens is 1. The van der Waals surface area contributed by atoms with Crippen LogP contribution in [0.1, 0.15) is 40.0 Å². The van der Waals surface area contributed by atoms with Crippen LogP contribution in [0.25, 0.3) is 0 Å². The predicted octanol–water partition coefficient (Wildman–Crippen LogP) is 5.30. The second-order valence-electron chi connectivity index (χ2n) is 4.99. The Hall–Kier alpha value is -1.44. The molecule has 1 unspecified atom stereocenters. The molecule has 0 aliphatic rings. The highest BCUT2D eigenvalue weighted by Crippen LogP contribution is 2.14. The first-order valence-electron chi connectivity index (χ1n) is 6.49. The maximum Gasteiger partial charge on any atom is 0.125 e. The number of aliphatic imine (C=N–C) groups is 1. The highest BCUT2D eigenvalue weighted by atomic mass is 19.1. The Kier molecular flexibility index (Phi) is 6.34. The van der Waals surface area contributed by atoms with Gasteiger partial charge >= 0.3 is 0 Å². The largest absolute Gasteiger partial charge is 0.261 e. The molecule has 0 N–H and O–H groups in total.